The van der Waals surface area contributed by atoms with Crippen LogP contribution in [0, 0.1) is 0 Å². The molecule has 17 heavy (non-hydrogen) atoms. The first kappa shape index (κ1) is 14.4. The highest BCUT2D eigenvalue weighted by Gasteiger charge is 1.95. The van der Waals surface area contributed by atoms with Gasteiger partial charge in [0.15, 0.2) is 0 Å². The molecule has 1 N–H and O–H groups in total. The number of phenols is 1. The fourth-order valence-corrected chi connectivity index (χ4v) is 2.44. The lowest BCUT2D eigenvalue weighted by atomic mass is 10.1. The van der Waals surface area contributed by atoms with Crippen LogP contribution in [0.4, 0.5) is 0 Å². The average Bonchev–Trinajstić information content (AvgIpc) is 2.35. The van der Waals surface area contributed by atoms with Crippen molar-refractivity contribution in [1.29, 1.82) is 0 Å². The van der Waals surface area contributed by atoms with Crippen molar-refractivity contribution in [3.63, 3.8) is 0 Å². The largest absolute Gasteiger partial charge is 0.508 e. The normalized spacial score (nSPS) is 10.6. The number of hydrogen-bond donors (Lipinski definition) is 1. The lowest BCUT2D eigenvalue weighted by Crippen LogP contribution is -1.86. The molecule has 1 nitrogen and oxygen atoms in total. The summed E-state index contributed by atoms with van der Waals surface area (Å²) in [6.07, 6.45) is 11.4. The van der Waals surface area contributed by atoms with Crippen LogP contribution in [-0.4, -0.2) is 17.1 Å². The van der Waals surface area contributed by atoms with E-state index in [4.69, 9.17) is 5.11 Å². The molecule has 1 aromatic rings. The van der Waals surface area contributed by atoms with Crippen LogP contribution >= 0.6 is 11.8 Å². The Bertz CT molecular complexity index is 281. The first-order chi connectivity index (χ1) is 8.33. The number of aromatic hydroxyl groups is 1. The third-order valence-electron chi connectivity index (χ3n) is 3.00. The molecule has 0 aromatic heterocycles. The molecule has 0 fully saturated rings. The molecule has 1 aromatic carbocycles. The first-order valence-corrected chi connectivity index (χ1v) is 7.99. The molecule has 0 radical (unpaired) electrons. The topological polar surface area (TPSA) is 20.2 Å². The minimum Gasteiger partial charge on any atom is -0.508 e. The summed E-state index contributed by atoms with van der Waals surface area (Å²) in [6.45, 7) is 0. The van der Waals surface area contributed by atoms with Crippen molar-refractivity contribution >= 4 is 11.8 Å². The van der Waals surface area contributed by atoms with Crippen LogP contribution in [0.15, 0.2) is 24.3 Å². The number of rotatable bonds is 9. The molecule has 0 heterocycles. The Morgan fingerprint density at radius 2 is 1.47 bits per heavy atom. The minimum atomic E-state index is 0.363. The molecule has 96 valence electrons. The average molecular weight is 252 g/mol. The highest BCUT2D eigenvalue weighted by atomic mass is 32.2. The number of hydrogen-bond acceptors (Lipinski definition) is 2. The van der Waals surface area contributed by atoms with Gasteiger partial charge in [0.2, 0.25) is 0 Å². The van der Waals surface area contributed by atoms with Crippen LogP contribution in [0.25, 0.3) is 0 Å². The van der Waals surface area contributed by atoms with Gasteiger partial charge in [-0.2, -0.15) is 11.8 Å². The number of unbranched alkanes of at least 4 members (excludes halogenated alkanes) is 5. The second-order valence-corrected chi connectivity index (χ2v) is 5.52. The second-order valence-electron chi connectivity index (χ2n) is 4.53. The van der Waals surface area contributed by atoms with Crippen LogP contribution in [0.3, 0.4) is 0 Å². The fourth-order valence-electron chi connectivity index (χ4n) is 1.95. The van der Waals surface area contributed by atoms with Crippen molar-refractivity contribution in [1.82, 2.24) is 0 Å². The van der Waals surface area contributed by atoms with Crippen LogP contribution < -0.4 is 0 Å². The Labute approximate surface area is 110 Å². The van der Waals surface area contributed by atoms with Gasteiger partial charge < -0.3 is 5.11 Å². The molecule has 0 amide bonds. The molecule has 0 unspecified atom stereocenters. The summed E-state index contributed by atoms with van der Waals surface area (Å²) in [4.78, 5) is 0. The van der Waals surface area contributed by atoms with Gasteiger partial charge in [0.25, 0.3) is 0 Å². The maximum absolute atomic E-state index is 9.17. The number of thioether (sulfide) groups is 1. The number of aryl methyl sites for hydroxylation is 1. The molecule has 0 spiro atoms. The summed E-state index contributed by atoms with van der Waals surface area (Å²) in [5, 5.41) is 9.17. The molecule has 0 aliphatic rings. The van der Waals surface area contributed by atoms with Crippen molar-refractivity contribution in [2.75, 3.05) is 12.0 Å². The Kier molecular flexibility index (Phi) is 7.98. The van der Waals surface area contributed by atoms with E-state index >= 15 is 0 Å². The SMILES string of the molecule is CSCCCCCCCCc1ccc(O)cc1. The molecule has 0 bridgehead atoms. The fraction of sp³-hybridized carbons (Fsp3) is 0.600. The number of benzene rings is 1. The van der Waals surface area contributed by atoms with E-state index in [1.807, 2.05) is 23.9 Å². The van der Waals surface area contributed by atoms with Gasteiger partial charge in [-0.25, -0.2) is 0 Å². The third-order valence-corrected chi connectivity index (χ3v) is 3.70. The van der Waals surface area contributed by atoms with Gasteiger partial charge in [-0.3, -0.25) is 0 Å². The zero-order valence-corrected chi connectivity index (χ0v) is 11.6. The van der Waals surface area contributed by atoms with E-state index in [1.54, 1.807) is 12.1 Å². The highest BCUT2D eigenvalue weighted by molar-refractivity contribution is 7.98. The molecule has 0 atom stereocenters. The Morgan fingerprint density at radius 1 is 0.882 bits per heavy atom. The van der Waals surface area contributed by atoms with Gasteiger partial charge in [-0.1, -0.05) is 37.8 Å². The van der Waals surface area contributed by atoms with Crippen LogP contribution in [0.1, 0.15) is 44.1 Å². The minimum absolute atomic E-state index is 0.363. The first-order valence-electron chi connectivity index (χ1n) is 6.60. The summed E-state index contributed by atoms with van der Waals surface area (Å²) >= 11 is 1.95. The van der Waals surface area contributed by atoms with E-state index in [0.29, 0.717) is 5.75 Å². The Balaban J connectivity index is 1.95. The van der Waals surface area contributed by atoms with Gasteiger partial charge in [0.1, 0.15) is 5.75 Å². The third kappa shape index (κ3) is 7.32. The molecular weight excluding hydrogens is 228 g/mol. The molecule has 0 saturated heterocycles. The lowest BCUT2D eigenvalue weighted by molar-refractivity contribution is 0.475. The maximum Gasteiger partial charge on any atom is 0.115 e. The van der Waals surface area contributed by atoms with Gasteiger partial charge in [-0.05, 0) is 49.0 Å². The molecule has 0 aliphatic heterocycles. The summed E-state index contributed by atoms with van der Waals surface area (Å²) in [7, 11) is 0. The Morgan fingerprint density at radius 3 is 2.12 bits per heavy atom. The summed E-state index contributed by atoms with van der Waals surface area (Å²) in [5.41, 5.74) is 1.34. The molecule has 0 aliphatic carbocycles. The molecule has 2 heteroatoms. The maximum atomic E-state index is 9.17. The van der Waals surface area contributed by atoms with Gasteiger partial charge in [0, 0.05) is 0 Å². The summed E-state index contributed by atoms with van der Waals surface area (Å²) in [5.74, 6) is 1.68. The van der Waals surface area contributed by atoms with Crippen molar-refractivity contribution < 1.29 is 5.11 Å². The van der Waals surface area contributed by atoms with E-state index in [0.717, 1.165) is 6.42 Å². The zero-order chi connectivity index (χ0) is 12.3. The molecule has 1 rings (SSSR count). The Hall–Kier alpha value is -0.630. The zero-order valence-electron chi connectivity index (χ0n) is 10.8. The monoisotopic (exact) mass is 252 g/mol. The van der Waals surface area contributed by atoms with Crippen molar-refractivity contribution in [3.8, 4) is 5.75 Å². The quantitative estimate of drug-likeness (QED) is 0.646. The van der Waals surface area contributed by atoms with Crippen LogP contribution in [0.2, 0.25) is 0 Å². The second kappa shape index (κ2) is 9.41. The smallest absolute Gasteiger partial charge is 0.115 e. The molecule has 0 saturated carbocycles. The van der Waals surface area contributed by atoms with Crippen LogP contribution in [0.5, 0.6) is 5.75 Å². The predicted molar refractivity (Wildman–Crippen MR) is 77.9 cm³/mol. The lowest BCUT2D eigenvalue weighted by Gasteiger charge is -2.02. The number of phenolic OH excluding ortho intramolecular Hbond substituents is 1. The highest BCUT2D eigenvalue weighted by Crippen LogP contribution is 2.13. The van der Waals surface area contributed by atoms with E-state index in [1.165, 1.54) is 49.8 Å². The summed E-state index contributed by atoms with van der Waals surface area (Å²) < 4.78 is 0. The van der Waals surface area contributed by atoms with E-state index < -0.39 is 0 Å². The van der Waals surface area contributed by atoms with Crippen LogP contribution in [-0.2, 0) is 6.42 Å². The van der Waals surface area contributed by atoms with E-state index in [2.05, 4.69) is 6.26 Å². The predicted octanol–water partition coefficient (Wildman–Crippen LogP) is 4.64. The van der Waals surface area contributed by atoms with Gasteiger partial charge >= 0.3 is 0 Å². The van der Waals surface area contributed by atoms with Crippen molar-refractivity contribution in [2.45, 2.75) is 44.9 Å². The standard InChI is InChI=1S/C15H24OS/c1-17-13-7-5-3-2-4-6-8-14-9-11-15(16)12-10-14/h9-12,16H,2-8,13H2,1H3. The van der Waals surface area contributed by atoms with E-state index in [-0.39, 0.29) is 0 Å². The van der Waals surface area contributed by atoms with Gasteiger partial charge in [-0.15, -0.1) is 0 Å². The van der Waals surface area contributed by atoms with E-state index in [9.17, 15) is 0 Å². The van der Waals surface area contributed by atoms with Gasteiger partial charge in [0.05, 0.1) is 0 Å². The van der Waals surface area contributed by atoms with Crippen molar-refractivity contribution in [3.05, 3.63) is 29.8 Å². The molecular formula is C15H24OS. The van der Waals surface area contributed by atoms with Crippen molar-refractivity contribution in [2.24, 2.45) is 0 Å². The summed E-state index contributed by atoms with van der Waals surface area (Å²) in [6, 6.07) is 7.59.